The Balaban J connectivity index is 2.47. The first-order chi connectivity index (χ1) is 7.59. The number of hydrogen-bond acceptors (Lipinski definition) is 3. The summed E-state index contributed by atoms with van der Waals surface area (Å²) in [4.78, 5) is 18.2. The van der Waals surface area contributed by atoms with E-state index in [1.54, 1.807) is 12.3 Å². The summed E-state index contributed by atoms with van der Waals surface area (Å²) < 4.78 is 0. The van der Waals surface area contributed by atoms with E-state index in [0.29, 0.717) is 17.3 Å². The third kappa shape index (κ3) is 4.59. The fourth-order valence-electron chi connectivity index (χ4n) is 1.00. The van der Waals surface area contributed by atoms with Crippen LogP contribution in [0.3, 0.4) is 0 Å². The quantitative estimate of drug-likeness (QED) is 0.513. The molecule has 1 heterocycles. The van der Waals surface area contributed by atoms with Crippen molar-refractivity contribution < 1.29 is 4.79 Å². The third-order valence-corrected chi connectivity index (χ3v) is 2.21. The highest BCUT2D eigenvalue weighted by Crippen LogP contribution is 2.15. The van der Waals surface area contributed by atoms with Crippen molar-refractivity contribution in [2.45, 2.75) is 13.3 Å². The van der Waals surface area contributed by atoms with E-state index in [9.17, 15) is 4.79 Å². The van der Waals surface area contributed by atoms with Crippen molar-refractivity contribution >= 4 is 35.2 Å². The van der Waals surface area contributed by atoms with Crippen LogP contribution in [0.5, 0.6) is 0 Å². The van der Waals surface area contributed by atoms with Gasteiger partial charge < -0.3 is 5.32 Å². The maximum Gasteiger partial charge on any atom is 0.223 e. The van der Waals surface area contributed by atoms with Crippen LogP contribution in [0.25, 0.3) is 6.08 Å². The largest absolute Gasteiger partial charge is 0.356 e. The second-order valence-electron chi connectivity index (χ2n) is 3.06. The van der Waals surface area contributed by atoms with Crippen LogP contribution >= 0.6 is 23.2 Å². The Morgan fingerprint density at radius 2 is 2.31 bits per heavy atom. The van der Waals surface area contributed by atoms with Gasteiger partial charge in [-0.05, 0) is 18.0 Å². The Bertz CT molecular complexity index is 407. The molecule has 0 aliphatic carbocycles. The van der Waals surface area contributed by atoms with Gasteiger partial charge >= 0.3 is 0 Å². The molecule has 4 nitrogen and oxygen atoms in total. The molecule has 0 bridgehead atoms. The first kappa shape index (κ1) is 12.9. The lowest BCUT2D eigenvalue weighted by Crippen LogP contribution is -2.20. The number of amides is 1. The summed E-state index contributed by atoms with van der Waals surface area (Å²) in [6.07, 6.45) is 5.94. The van der Waals surface area contributed by atoms with Gasteiger partial charge in [-0.25, -0.2) is 9.97 Å². The van der Waals surface area contributed by atoms with Crippen LogP contribution in [0.15, 0.2) is 12.3 Å². The molecule has 1 aromatic heterocycles. The van der Waals surface area contributed by atoms with Gasteiger partial charge in [0.1, 0.15) is 5.15 Å². The monoisotopic (exact) mass is 259 g/mol. The molecule has 1 aromatic rings. The summed E-state index contributed by atoms with van der Waals surface area (Å²) in [7, 11) is 0. The molecule has 0 aliphatic rings. The maximum absolute atomic E-state index is 10.6. The number of hydrogen-bond donors (Lipinski definition) is 1. The predicted octanol–water partition coefficient (Wildman–Crippen LogP) is 2.32. The van der Waals surface area contributed by atoms with Crippen molar-refractivity contribution in [2.75, 3.05) is 6.54 Å². The summed E-state index contributed by atoms with van der Waals surface area (Å²) in [5, 5.41) is 3.12. The second kappa shape index (κ2) is 6.45. The smallest absolute Gasteiger partial charge is 0.223 e. The van der Waals surface area contributed by atoms with E-state index < -0.39 is 0 Å². The standard InChI is InChI=1S/C10H11Cl2N3O/c1-7(16)13-5-3-2-4-8-6-14-10(12)15-9(8)11/h2,4,6H,3,5H2,1H3,(H,13,16). The number of nitrogens with one attached hydrogen (secondary N) is 1. The van der Waals surface area contributed by atoms with Crippen molar-refractivity contribution in [3.8, 4) is 0 Å². The van der Waals surface area contributed by atoms with E-state index >= 15 is 0 Å². The van der Waals surface area contributed by atoms with E-state index in [0.717, 1.165) is 6.42 Å². The zero-order valence-electron chi connectivity index (χ0n) is 8.70. The number of nitrogens with zero attached hydrogens (tertiary/aromatic N) is 2. The predicted molar refractivity (Wildman–Crippen MR) is 64.4 cm³/mol. The molecule has 86 valence electrons. The lowest BCUT2D eigenvalue weighted by molar-refractivity contribution is -0.118. The number of carbonyl (C=O) groups excluding carboxylic acids is 1. The Hall–Kier alpha value is -1.13. The summed E-state index contributed by atoms with van der Waals surface area (Å²) in [6, 6.07) is 0. The van der Waals surface area contributed by atoms with E-state index in [2.05, 4.69) is 15.3 Å². The van der Waals surface area contributed by atoms with E-state index in [1.807, 2.05) is 6.08 Å². The summed E-state index contributed by atoms with van der Waals surface area (Å²) >= 11 is 11.4. The molecule has 0 spiro atoms. The normalized spacial score (nSPS) is 10.7. The fraction of sp³-hybridized carbons (Fsp3) is 0.300. The van der Waals surface area contributed by atoms with Crippen molar-refractivity contribution in [3.63, 3.8) is 0 Å². The van der Waals surface area contributed by atoms with E-state index in [4.69, 9.17) is 23.2 Å². The van der Waals surface area contributed by atoms with Gasteiger partial charge in [0.05, 0.1) is 0 Å². The zero-order chi connectivity index (χ0) is 12.0. The minimum atomic E-state index is -0.0405. The van der Waals surface area contributed by atoms with Crippen LogP contribution in [0, 0.1) is 0 Å². The fourth-order valence-corrected chi connectivity index (χ4v) is 1.37. The molecule has 0 saturated heterocycles. The molecule has 0 atom stereocenters. The Kier molecular flexibility index (Phi) is 5.22. The van der Waals surface area contributed by atoms with Gasteiger partial charge in [-0.1, -0.05) is 23.8 Å². The van der Waals surface area contributed by atoms with E-state index in [1.165, 1.54) is 6.92 Å². The number of rotatable bonds is 4. The Morgan fingerprint density at radius 1 is 1.56 bits per heavy atom. The molecule has 1 rings (SSSR count). The van der Waals surface area contributed by atoms with Gasteiger partial charge in [-0.3, -0.25) is 4.79 Å². The van der Waals surface area contributed by atoms with Crippen LogP contribution < -0.4 is 5.32 Å². The topological polar surface area (TPSA) is 54.9 Å². The van der Waals surface area contributed by atoms with Crippen LogP contribution in [0.2, 0.25) is 10.4 Å². The lowest BCUT2D eigenvalue weighted by atomic mass is 10.3. The Morgan fingerprint density at radius 3 is 2.94 bits per heavy atom. The van der Waals surface area contributed by atoms with Gasteiger partial charge in [-0.15, -0.1) is 0 Å². The van der Waals surface area contributed by atoms with Crippen LogP contribution in [0.1, 0.15) is 18.9 Å². The minimum Gasteiger partial charge on any atom is -0.356 e. The molecular weight excluding hydrogens is 249 g/mol. The molecule has 6 heteroatoms. The molecule has 0 radical (unpaired) electrons. The first-order valence-electron chi connectivity index (χ1n) is 4.68. The summed E-state index contributed by atoms with van der Waals surface area (Å²) in [5.41, 5.74) is 0.703. The molecular formula is C10H11Cl2N3O. The van der Waals surface area contributed by atoms with Gasteiger partial charge in [0.15, 0.2) is 0 Å². The summed E-state index contributed by atoms with van der Waals surface area (Å²) in [5.74, 6) is -0.0405. The SMILES string of the molecule is CC(=O)NCCC=Cc1cnc(Cl)nc1Cl. The third-order valence-electron chi connectivity index (χ3n) is 1.72. The molecule has 0 fully saturated rings. The molecule has 0 aliphatic heterocycles. The molecule has 16 heavy (non-hydrogen) atoms. The van der Waals surface area contributed by atoms with Crippen LogP contribution in [0.4, 0.5) is 0 Å². The van der Waals surface area contributed by atoms with Crippen LogP contribution in [-0.4, -0.2) is 22.4 Å². The highest BCUT2D eigenvalue weighted by atomic mass is 35.5. The maximum atomic E-state index is 10.6. The summed E-state index contributed by atoms with van der Waals surface area (Å²) in [6.45, 7) is 2.07. The molecule has 0 saturated carbocycles. The molecule has 0 aromatic carbocycles. The van der Waals surface area contributed by atoms with Gasteiger partial charge in [-0.2, -0.15) is 0 Å². The average Bonchev–Trinajstić information content (AvgIpc) is 2.20. The van der Waals surface area contributed by atoms with Crippen molar-refractivity contribution in [1.82, 2.24) is 15.3 Å². The van der Waals surface area contributed by atoms with E-state index in [-0.39, 0.29) is 11.2 Å². The number of halogens is 2. The Labute approximate surface area is 104 Å². The first-order valence-corrected chi connectivity index (χ1v) is 5.44. The minimum absolute atomic E-state index is 0.0405. The second-order valence-corrected chi connectivity index (χ2v) is 3.76. The number of carbonyl (C=O) groups is 1. The zero-order valence-corrected chi connectivity index (χ0v) is 10.2. The number of aromatic nitrogens is 2. The van der Waals surface area contributed by atoms with Crippen molar-refractivity contribution in [1.29, 1.82) is 0 Å². The molecule has 0 unspecified atom stereocenters. The van der Waals surface area contributed by atoms with Gasteiger partial charge in [0.2, 0.25) is 11.2 Å². The van der Waals surface area contributed by atoms with Gasteiger partial charge in [0.25, 0.3) is 0 Å². The molecule has 1 N–H and O–H groups in total. The van der Waals surface area contributed by atoms with Crippen molar-refractivity contribution in [3.05, 3.63) is 28.3 Å². The highest BCUT2D eigenvalue weighted by Gasteiger charge is 1.99. The average molecular weight is 260 g/mol. The van der Waals surface area contributed by atoms with Crippen LogP contribution in [-0.2, 0) is 4.79 Å². The van der Waals surface area contributed by atoms with Gasteiger partial charge in [0, 0.05) is 25.2 Å². The van der Waals surface area contributed by atoms with Crippen molar-refractivity contribution in [2.24, 2.45) is 0 Å². The lowest BCUT2D eigenvalue weighted by Gasteiger charge is -1.98. The highest BCUT2D eigenvalue weighted by molar-refractivity contribution is 6.32. The molecule has 1 amide bonds.